The van der Waals surface area contributed by atoms with Crippen LogP contribution in [0.5, 0.6) is 0 Å². The van der Waals surface area contributed by atoms with Crippen LogP contribution in [0.4, 0.5) is 0 Å². The Balaban J connectivity index is -0.000000387. The van der Waals surface area contributed by atoms with Gasteiger partial charge in [-0.25, -0.2) is 16.8 Å². The van der Waals surface area contributed by atoms with Crippen LogP contribution in [0, 0.1) is 0 Å². The Morgan fingerprint density at radius 3 is 0.625 bits per heavy atom. The van der Waals surface area contributed by atoms with Crippen molar-refractivity contribution in [2.45, 2.75) is 219 Å². The van der Waals surface area contributed by atoms with Crippen molar-refractivity contribution >= 4 is 20.8 Å². The van der Waals surface area contributed by atoms with Crippen LogP contribution in [-0.2, 0) is 29.2 Å². The Kier molecular flexibility index (Phi) is 54.2. The normalized spacial score (nSPS) is 11.4. The van der Waals surface area contributed by atoms with Gasteiger partial charge in [0.05, 0.1) is 13.2 Å². The van der Waals surface area contributed by atoms with Gasteiger partial charge in [0, 0.05) is 0 Å². The molecule has 280 valence electrons. The molecule has 0 spiro atoms. The third-order valence-electron chi connectivity index (χ3n) is 8.45. The molecule has 0 N–H and O–H groups in total. The topological polar surface area (TPSA) is 133 Å². The van der Waals surface area contributed by atoms with Gasteiger partial charge in [-0.3, -0.25) is 8.37 Å². The fourth-order valence-electron chi connectivity index (χ4n) is 5.62. The smallest absolute Gasteiger partial charge is 0.726 e. The maximum absolute atomic E-state index is 10.2. The van der Waals surface area contributed by atoms with Crippen molar-refractivity contribution in [3.8, 4) is 0 Å². The standard InChI is InChI=1S/2C18H38O4S.K.Na/c2*1-2-3-4-5-6-7-8-9-10-11-12-13-14-15-16-17-18-22-23(19,20)21;;/h2*2-18H2,1H3,(H,19,20,21);;/q;;2*+1/p-2. The van der Waals surface area contributed by atoms with Crippen molar-refractivity contribution in [3.05, 3.63) is 0 Å². The molecule has 0 saturated carbocycles. The van der Waals surface area contributed by atoms with Gasteiger partial charge in [-0.05, 0) is 12.8 Å². The fourth-order valence-corrected chi connectivity index (χ4v) is 6.27. The molecule has 0 unspecified atom stereocenters. The Bertz CT molecular complexity index is 736. The molecule has 0 radical (unpaired) electrons. The Hall–Kier alpha value is 2.38. The molecule has 12 heteroatoms. The van der Waals surface area contributed by atoms with Crippen LogP contribution in [0.1, 0.15) is 219 Å². The molecule has 0 aliphatic rings. The van der Waals surface area contributed by atoms with Gasteiger partial charge in [0.25, 0.3) is 0 Å². The predicted octanol–water partition coefficient (Wildman–Crippen LogP) is 5.46. The summed E-state index contributed by atoms with van der Waals surface area (Å²) in [5.74, 6) is 0. The maximum Gasteiger partial charge on any atom is 1.00 e. The van der Waals surface area contributed by atoms with Crippen LogP contribution >= 0.6 is 0 Å². The molecule has 8 nitrogen and oxygen atoms in total. The van der Waals surface area contributed by atoms with Crippen molar-refractivity contribution < 1.29 is 115 Å². The molecule has 0 atom stereocenters. The Morgan fingerprint density at radius 2 is 0.479 bits per heavy atom. The van der Waals surface area contributed by atoms with E-state index in [1.165, 1.54) is 167 Å². The van der Waals surface area contributed by atoms with Gasteiger partial charge >= 0.3 is 80.9 Å². The molecule has 0 aromatic rings. The molecular formula is C36H74KNaO8S2. The van der Waals surface area contributed by atoms with Crippen LogP contribution in [0.25, 0.3) is 0 Å². The number of rotatable bonds is 36. The van der Waals surface area contributed by atoms with Gasteiger partial charge in [0.15, 0.2) is 0 Å². The molecule has 48 heavy (non-hydrogen) atoms. The number of hydrogen-bond acceptors (Lipinski definition) is 8. The zero-order valence-electron chi connectivity index (χ0n) is 32.1. The first-order chi connectivity index (χ1) is 22.1. The van der Waals surface area contributed by atoms with Crippen LogP contribution in [0.15, 0.2) is 0 Å². The summed E-state index contributed by atoms with van der Waals surface area (Å²) in [5.41, 5.74) is 0. The van der Waals surface area contributed by atoms with E-state index in [1.54, 1.807) is 0 Å². The van der Waals surface area contributed by atoms with Gasteiger partial charge in [0.2, 0.25) is 20.8 Å². The minimum Gasteiger partial charge on any atom is -0.726 e. The van der Waals surface area contributed by atoms with E-state index in [4.69, 9.17) is 0 Å². The van der Waals surface area contributed by atoms with Gasteiger partial charge in [-0.1, -0.05) is 206 Å². The Labute approximate surface area is 364 Å². The SMILES string of the molecule is CCCCCCCCCCCCCCCCCCOS(=O)(=O)[O-].CCCCCCCCCCCCCCCCCCOS(=O)(=O)[O-].[K+].[Na+]. The monoisotopic (exact) mass is 760 g/mol. The molecule has 0 fully saturated rings. The first-order valence-corrected chi connectivity index (χ1v) is 22.0. The van der Waals surface area contributed by atoms with E-state index in [-0.39, 0.29) is 94.2 Å². The Morgan fingerprint density at radius 1 is 0.333 bits per heavy atom. The molecular weight excluding hydrogens is 687 g/mol. The third-order valence-corrected chi connectivity index (χ3v) is 9.36. The zero-order chi connectivity index (χ0) is 34.5. The first-order valence-electron chi connectivity index (χ1n) is 19.3. The minimum absolute atomic E-state index is 0. The fraction of sp³-hybridized carbons (Fsp3) is 1.00. The van der Waals surface area contributed by atoms with Crippen LogP contribution < -0.4 is 80.9 Å². The van der Waals surface area contributed by atoms with E-state index in [1.807, 2.05) is 0 Å². The molecule has 0 aliphatic heterocycles. The zero-order valence-corrected chi connectivity index (χ0v) is 38.9. The molecule has 0 saturated heterocycles. The molecule has 0 aliphatic carbocycles. The van der Waals surface area contributed by atoms with E-state index >= 15 is 0 Å². The maximum atomic E-state index is 10.2. The van der Waals surface area contributed by atoms with E-state index < -0.39 is 20.8 Å². The van der Waals surface area contributed by atoms with E-state index in [9.17, 15) is 25.9 Å². The first kappa shape index (κ1) is 57.1. The van der Waals surface area contributed by atoms with Gasteiger partial charge in [0.1, 0.15) is 0 Å². The minimum atomic E-state index is -4.49. The number of hydrogen-bond donors (Lipinski definition) is 0. The molecule has 0 heterocycles. The number of unbranched alkanes of at least 4 members (excludes halogenated alkanes) is 30. The van der Waals surface area contributed by atoms with Crippen molar-refractivity contribution in [1.82, 2.24) is 0 Å². The summed E-state index contributed by atoms with van der Waals surface area (Å²) >= 11 is 0. The second kappa shape index (κ2) is 45.5. The second-order valence-electron chi connectivity index (χ2n) is 13.1. The van der Waals surface area contributed by atoms with Crippen LogP contribution in [0.3, 0.4) is 0 Å². The van der Waals surface area contributed by atoms with E-state index in [0.717, 1.165) is 25.7 Å². The molecule has 0 aromatic carbocycles. The molecule has 0 amide bonds. The molecule has 0 rings (SSSR count). The summed E-state index contributed by atoms with van der Waals surface area (Å²) in [6.07, 6.45) is 40.6. The van der Waals surface area contributed by atoms with E-state index in [0.29, 0.717) is 12.8 Å². The third kappa shape index (κ3) is 60.5. The van der Waals surface area contributed by atoms with Crippen LogP contribution in [0.2, 0.25) is 0 Å². The molecule has 0 aromatic heterocycles. The summed E-state index contributed by atoms with van der Waals surface area (Å²) < 4.78 is 69.6. The van der Waals surface area contributed by atoms with Crippen molar-refractivity contribution in [2.24, 2.45) is 0 Å². The quantitative estimate of drug-likeness (QED) is 0.0356. The largest absolute Gasteiger partial charge is 1.00 e. The second-order valence-corrected chi connectivity index (χ2v) is 15.2. The average Bonchev–Trinajstić information content (AvgIpc) is 2.99. The molecule has 0 bridgehead atoms. The van der Waals surface area contributed by atoms with Gasteiger partial charge in [-0.15, -0.1) is 0 Å². The average molecular weight is 761 g/mol. The summed E-state index contributed by atoms with van der Waals surface area (Å²) in [6, 6.07) is 0. The van der Waals surface area contributed by atoms with Crippen LogP contribution in [-0.4, -0.2) is 39.2 Å². The van der Waals surface area contributed by atoms with Gasteiger partial charge in [-0.2, -0.15) is 0 Å². The summed E-state index contributed by atoms with van der Waals surface area (Å²) in [6.45, 7) is 4.58. The van der Waals surface area contributed by atoms with Crippen molar-refractivity contribution in [3.63, 3.8) is 0 Å². The van der Waals surface area contributed by atoms with Gasteiger partial charge < -0.3 is 9.11 Å². The van der Waals surface area contributed by atoms with Crippen molar-refractivity contribution in [1.29, 1.82) is 0 Å². The predicted molar refractivity (Wildman–Crippen MR) is 190 cm³/mol. The van der Waals surface area contributed by atoms with Crippen molar-refractivity contribution in [2.75, 3.05) is 13.2 Å². The summed E-state index contributed by atoms with van der Waals surface area (Å²) in [5, 5.41) is 0. The van der Waals surface area contributed by atoms with E-state index in [2.05, 4.69) is 22.2 Å². The summed E-state index contributed by atoms with van der Waals surface area (Å²) in [7, 11) is -8.99. The summed E-state index contributed by atoms with van der Waals surface area (Å²) in [4.78, 5) is 0.